The van der Waals surface area contributed by atoms with Crippen LogP contribution in [0.2, 0.25) is 15.1 Å². The highest BCUT2D eigenvalue weighted by molar-refractivity contribution is 6.40. The van der Waals surface area contributed by atoms with E-state index < -0.39 is 10.5 Å². The van der Waals surface area contributed by atoms with E-state index in [9.17, 15) is 10.1 Å². The van der Waals surface area contributed by atoms with Crippen molar-refractivity contribution in [2.75, 3.05) is 44.2 Å². The van der Waals surface area contributed by atoms with E-state index in [0.717, 1.165) is 49.7 Å². The van der Waals surface area contributed by atoms with Crippen molar-refractivity contribution in [3.8, 4) is 11.8 Å². The van der Waals surface area contributed by atoms with Gasteiger partial charge in [-0.2, -0.15) is 0 Å². The minimum atomic E-state index is -0.648. The Morgan fingerprint density at radius 1 is 1.13 bits per heavy atom. The van der Waals surface area contributed by atoms with Gasteiger partial charge in [0.1, 0.15) is 18.6 Å². The van der Waals surface area contributed by atoms with Crippen molar-refractivity contribution in [2.24, 2.45) is 0 Å². The predicted molar refractivity (Wildman–Crippen MR) is 149 cm³/mol. The van der Waals surface area contributed by atoms with E-state index in [1.54, 1.807) is 16.7 Å². The van der Waals surface area contributed by atoms with Crippen LogP contribution >= 0.6 is 34.8 Å². The maximum atomic E-state index is 10.9. The van der Waals surface area contributed by atoms with Gasteiger partial charge in [-0.3, -0.25) is 9.47 Å². The van der Waals surface area contributed by atoms with E-state index in [1.807, 2.05) is 25.1 Å². The van der Waals surface area contributed by atoms with E-state index in [0.29, 0.717) is 28.2 Å². The summed E-state index contributed by atoms with van der Waals surface area (Å²) in [7, 11) is 0. The Labute approximate surface area is 235 Å². The highest BCUT2D eigenvalue weighted by Crippen LogP contribution is 2.32. The van der Waals surface area contributed by atoms with Crippen LogP contribution in [0.1, 0.15) is 12.5 Å². The highest BCUT2D eigenvalue weighted by Gasteiger charge is 2.41. The highest BCUT2D eigenvalue weighted by atomic mass is 35.5. The fourth-order valence-corrected chi connectivity index (χ4v) is 5.51. The maximum Gasteiger partial charge on any atom is 0.415 e. The molecule has 2 aliphatic rings. The average Bonchev–Trinajstić information content (AvgIpc) is 3.41. The van der Waals surface area contributed by atoms with Crippen LogP contribution in [-0.2, 0) is 6.54 Å². The van der Waals surface area contributed by atoms with Crippen LogP contribution < -0.4 is 14.4 Å². The van der Waals surface area contributed by atoms with Crippen LogP contribution in [0.15, 0.2) is 48.7 Å². The van der Waals surface area contributed by atoms with Gasteiger partial charge in [-0.25, -0.2) is 0 Å². The monoisotopic (exact) mass is 577 g/mol. The molecular weight excluding hydrogens is 553 g/mol. The number of halogens is 3. The fourth-order valence-electron chi connectivity index (χ4n) is 4.57. The van der Waals surface area contributed by atoms with Gasteiger partial charge in [-0.05, 0) is 48.2 Å². The molecule has 12 heteroatoms. The molecule has 0 radical (unpaired) electrons. The van der Waals surface area contributed by atoms with Gasteiger partial charge in [0.2, 0.25) is 0 Å². The SMILES string of the molecule is C[C@]1(COc2ccc(N3CCN(C/C=C/c4c(Cl)cc(Cl)cc4Cl)CC3)cc2)Cn2cc([N+](=O)[O-])nc2O1. The van der Waals surface area contributed by atoms with Crippen LogP contribution in [0, 0.1) is 10.1 Å². The minimum absolute atomic E-state index is 0.219. The van der Waals surface area contributed by atoms with Crippen molar-refractivity contribution in [1.29, 1.82) is 0 Å². The van der Waals surface area contributed by atoms with Crippen molar-refractivity contribution in [1.82, 2.24) is 14.5 Å². The van der Waals surface area contributed by atoms with E-state index in [-0.39, 0.29) is 11.8 Å². The molecule has 0 N–H and O–H groups in total. The summed E-state index contributed by atoms with van der Waals surface area (Å²) in [6, 6.07) is 11.6. The third kappa shape index (κ3) is 6.02. The molecule has 2 aromatic carbocycles. The van der Waals surface area contributed by atoms with Crippen LogP contribution in [0.3, 0.4) is 0 Å². The molecular formula is C26H26Cl3N5O4. The molecule has 1 fully saturated rings. The largest absolute Gasteiger partial charge is 0.489 e. The lowest BCUT2D eigenvalue weighted by molar-refractivity contribution is -0.389. The number of ether oxygens (including phenoxy) is 2. The lowest BCUT2D eigenvalue weighted by Gasteiger charge is -2.35. The molecule has 0 bridgehead atoms. The van der Waals surface area contributed by atoms with Gasteiger partial charge in [0, 0.05) is 54.0 Å². The number of fused-ring (bicyclic) bond motifs is 1. The molecule has 38 heavy (non-hydrogen) atoms. The number of benzene rings is 2. The second-order valence-electron chi connectivity index (χ2n) is 9.57. The molecule has 2 aliphatic heterocycles. The Hall–Kier alpha value is -2.98. The number of piperazine rings is 1. The summed E-state index contributed by atoms with van der Waals surface area (Å²) in [4.78, 5) is 19.0. The Morgan fingerprint density at radius 2 is 1.82 bits per heavy atom. The summed E-state index contributed by atoms with van der Waals surface area (Å²) in [5, 5.41) is 12.5. The third-order valence-electron chi connectivity index (χ3n) is 6.57. The second-order valence-corrected chi connectivity index (χ2v) is 10.8. The van der Waals surface area contributed by atoms with E-state index in [4.69, 9.17) is 44.3 Å². The number of imidazole rings is 1. The molecule has 5 rings (SSSR count). The quantitative estimate of drug-likeness (QED) is 0.246. The van der Waals surface area contributed by atoms with Crippen LogP contribution in [0.25, 0.3) is 6.08 Å². The van der Waals surface area contributed by atoms with E-state index >= 15 is 0 Å². The number of aromatic nitrogens is 2. The van der Waals surface area contributed by atoms with Gasteiger partial charge >= 0.3 is 11.8 Å². The Morgan fingerprint density at radius 3 is 2.45 bits per heavy atom. The Bertz CT molecular complexity index is 1310. The predicted octanol–water partition coefficient (Wildman–Crippen LogP) is 5.82. The molecule has 3 heterocycles. The Kier molecular flexibility index (Phi) is 7.72. The summed E-state index contributed by atoms with van der Waals surface area (Å²) >= 11 is 18.5. The molecule has 3 aromatic rings. The molecule has 0 amide bonds. The van der Waals surface area contributed by atoms with Gasteiger partial charge in [0.05, 0.1) is 16.6 Å². The third-order valence-corrected chi connectivity index (χ3v) is 7.41. The average molecular weight is 579 g/mol. The smallest absolute Gasteiger partial charge is 0.415 e. The summed E-state index contributed by atoms with van der Waals surface area (Å²) in [5.41, 5.74) is 1.27. The normalized spacial score (nSPS) is 19.5. The number of anilines is 1. The Balaban J connectivity index is 1.08. The second kappa shape index (κ2) is 11.0. The zero-order chi connectivity index (χ0) is 26.9. The zero-order valence-electron chi connectivity index (χ0n) is 20.6. The summed E-state index contributed by atoms with van der Waals surface area (Å²) in [6.07, 6.45) is 5.41. The van der Waals surface area contributed by atoms with Crippen molar-refractivity contribution in [3.05, 3.63) is 79.4 Å². The molecule has 1 atom stereocenters. The molecule has 0 aliphatic carbocycles. The maximum absolute atomic E-state index is 10.9. The van der Waals surface area contributed by atoms with Crippen molar-refractivity contribution in [2.45, 2.75) is 19.1 Å². The van der Waals surface area contributed by atoms with Crippen molar-refractivity contribution >= 4 is 52.4 Å². The minimum Gasteiger partial charge on any atom is -0.489 e. The first-order chi connectivity index (χ1) is 18.2. The molecule has 1 saturated heterocycles. The van der Waals surface area contributed by atoms with Crippen LogP contribution in [0.4, 0.5) is 11.5 Å². The molecule has 200 valence electrons. The van der Waals surface area contributed by atoms with Crippen molar-refractivity contribution in [3.63, 3.8) is 0 Å². The standard InChI is InChI=1S/C26H26Cl3N5O4/c1-26(16-33-15-24(34(35)36)30-25(33)38-26)17-37-20-6-4-19(5-7-20)32-11-9-31(10-12-32)8-2-3-21-22(28)13-18(27)14-23(21)29/h2-7,13-15H,8-12,16-17H2,1H3/b3-2+/t26-/m1/s1. The van der Waals surface area contributed by atoms with Gasteiger partial charge in [0.15, 0.2) is 5.60 Å². The van der Waals surface area contributed by atoms with E-state index in [2.05, 4.69) is 33.0 Å². The summed E-state index contributed by atoms with van der Waals surface area (Å²) < 4.78 is 13.4. The first kappa shape index (κ1) is 26.6. The summed E-state index contributed by atoms with van der Waals surface area (Å²) in [6.45, 7) is 7.14. The van der Waals surface area contributed by atoms with Gasteiger partial charge in [0.25, 0.3) is 0 Å². The number of nitro groups is 1. The molecule has 9 nitrogen and oxygen atoms in total. The number of hydrogen-bond donors (Lipinski definition) is 0. The van der Waals surface area contributed by atoms with Crippen molar-refractivity contribution < 1.29 is 14.4 Å². The van der Waals surface area contributed by atoms with Gasteiger partial charge < -0.3 is 24.5 Å². The zero-order valence-corrected chi connectivity index (χ0v) is 22.9. The summed E-state index contributed by atoms with van der Waals surface area (Å²) in [5.74, 6) is 0.515. The topological polar surface area (TPSA) is 85.9 Å². The number of nitrogens with zero attached hydrogens (tertiary/aromatic N) is 5. The number of hydrogen-bond acceptors (Lipinski definition) is 7. The van der Waals surface area contributed by atoms with Crippen LogP contribution in [0.5, 0.6) is 11.8 Å². The molecule has 0 saturated carbocycles. The molecule has 0 spiro atoms. The lowest BCUT2D eigenvalue weighted by atomic mass is 10.1. The first-order valence-corrected chi connectivity index (χ1v) is 13.2. The van der Waals surface area contributed by atoms with E-state index in [1.165, 1.54) is 6.20 Å². The first-order valence-electron chi connectivity index (χ1n) is 12.1. The van der Waals surface area contributed by atoms with Gasteiger partial charge in [-0.1, -0.05) is 47.0 Å². The molecule has 1 aromatic heterocycles. The lowest BCUT2D eigenvalue weighted by Crippen LogP contribution is -2.46. The van der Waals surface area contributed by atoms with Crippen LogP contribution in [-0.4, -0.2) is 64.3 Å². The number of rotatable bonds is 8. The molecule has 0 unspecified atom stereocenters. The van der Waals surface area contributed by atoms with Gasteiger partial charge in [-0.15, -0.1) is 0 Å². The fraction of sp³-hybridized carbons (Fsp3) is 0.346.